The zero-order chi connectivity index (χ0) is 12.1. The van der Waals surface area contributed by atoms with Crippen molar-refractivity contribution in [2.24, 2.45) is 10.9 Å². The zero-order valence-corrected chi connectivity index (χ0v) is 10.2. The van der Waals surface area contributed by atoms with Gasteiger partial charge in [0.25, 0.3) is 0 Å². The van der Waals surface area contributed by atoms with Crippen LogP contribution in [0, 0.1) is 0 Å². The van der Waals surface area contributed by atoms with Gasteiger partial charge in [-0.05, 0) is 32.0 Å². The van der Waals surface area contributed by atoms with E-state index in [0.29, 0.717) is 10.6 Å². The molecule has 0 spiro atoms. The van der Waals surface area contributed by atoms with Crippen LogP contribution in [0.25, 0.3) is 0 Å². The van der Waals surface area contributed by atoms with Crippen molar-refractivity contribution in [1.29, 1.82) is 0 Å². The molecule has 0 radical (unpaired) electrons. The van der Waals surface area contributed by atoms with Crippen molar-refractivity contribution >= 4 is 23.1 Å². The molecule has 0 bridgehead atoms. The van der Waals surface area contributed by atoms with E-state index in [0.717, 1.165) is 18.8 Å². The molecule has 0 fully saturated rings. The number of nitrogens with zero attached hydrogens (tertiary/aromatic N) is 2. The summed E-state index contributed by atoms with van der Waals surface area (Å²) < 4.78 is 0. The number of hydrogen-bond donors (Lipinski definition) is 2. The van der Waals surface area contributed by atoms with E-state index in [1.54, 1.807) is 12.1 Å². The Hall–Kier alpha value is -1.42. The van der Waals surface area contributed by atoms with Gasteiger partial charge in [-0.1, -0.05) is 16.8 Å². The van der Waals surface area contributed by atoms with Crippen LogP contribution in [0.2, 0.25) is 5.02 Å². The minimum absolute atomic E-state index is 0.0630. The highest BCUT2D eigenvalue weighted by atomic mass is 35.5. The van der Waals surface area contributed by atoms with E-state index in [-0.39, 0.29) is 5.84 Å². The van der Waals surface area contributed by atoms with Gasteiger partial charge in [-0.2, -0.15) is 0 Å². The molecule has 88 valence electrons. The quantitative estimate of drug-likeness (QED) is 0.368. The van der Waals surface area contributed by atoms with E-state index < -0.39 is 0 Å². The second-order valence-corrected chi connectivity index (χ2v) is 3.73. The number of oxime groups is 1. The Morgan fingerprint density at radius 1 is 1.44 bits per heavy atom. The van der Waals surface area contributed by atoms with Gasteiger partial charge in [-0.3, -0.25) is 0 Å². The van der Waals surface area contributed by atoms with Crippen LogP contribution in [-0.4, -0.2) is 24.1 Å². The maximum Gasteiger partial charge on any atom is 0.170 e. The molecular formula is C11H16ClN3O. The van der Waals surface area contributed by atoms with E-state index in [1.165, 1.54) is 0 Å². The molecule has 0 aliphatic rings. The predicted molar refractivity (Wildman–Crippen MR) is 67.5 cm³/mol. The number of rotatable bonds is 4. The molecule has 1 rings (SSSR count). The Balaban J connectivity index is 3.09. The van der Waals surface area contributed by atoms with E-state index in [2.05, 4.69) is 23.9 Å². The third-order valence-corrected chi connectivity index (χ3v) is 2.76. The van der Waals surface area contributed by atoms with E-state index >= 15 is 0 Å². The molecule has 0 heterocycles. The molecule has 1 aromatic carbocycles. The van der Waals surface area contributed by atoms with Crippen LogP contribution in [0.4, 0.5) is 5.69 Å². The Morgan fingerprint density at radius 3 is 2.50 bits per heavy atom. The average Bonchev–Trinajstić information content (AvgIpc) is 2.31. The summed E-state index contributed by atoms with van der Waals surface area (Å²) in [6.45, 7) is 5.91. The maximum atomic E-state index is 8.56. The van der Waals surface area contributed by atoms with Crippen molar-refractivity contribution in [2.75, 3.05) is 18.0 Å². The van der Waals surface area contributed by atoms with Crippen LogP contribution >= 0.6 is 11.6 Å². The molecule has 0 aromatic heterocycles. The smallest absolute Gasteiger partial charge is 0.170 e. The molecule has 16 heavy (non-hydrogen) atoms. The summed E-state index contributed by atoms with van der Waals surface area (Å²) in [5, 5.41) is 12.1. The van der Waals surface area contributed by atoms with Gasteiger partial charge in [0, 0.05) is 18.7 Å². The first kappa shape index (κ1) is 12.6. The molecule has 4 nitrogen and oxygen atoms in total. The second kappa shape index (κ2) is 5.61. The molecule has 5 heteroatoms. The SMILES string of the molecule is CCN(CC)c1ccc(C(N)=NO)cc1Cl. The van der Waals surface area contributed by atoms with Crippen molar-refractivity contribution in [1.82, 2.24) is 0 Å². The van der Waals surface area contributed by atoms with Crippen LogP contribution in [0.3, 0.4) is 0 Å². The molecule has 1 aromatic rings. The molecule has 0 amide bonds. The molecule has 0 aliphatic heterocycles. The molecule has 0 atom stereocenters. The standard InChI is InChI=1S/C11H16ClN3O/c1-3-15(4-2)10-6-5-8(7-9(10)12)11(13)14-16/h5-7,16H,3-4H2,1-2H3,(H2,13,14). The minimum Gasteiger partial charge on any atom is -0.409 e. The van der Waals surface area contributed by atoms with Crippen molar-refractivity contribution in [3.05, 3.63) is 28.8 Å². The highest BCUT2D eigenvalue weighted by Crippen LogP contribution is 2.26. The Morgan fingerprint density at radius 2 is 2.06 bits per heavy atom. The highest BCUT2D eigenvalue weighted by molar-refractivity contribution is 6.33. The lowest BCUT2D eigenvalue weighted by Gasteiger charge is -2.22. The molecule has 0 unspecified atom stereocenters. The van der Waals surface area contributed by atoms with Crippen molar-refractivity contribution in [3.8, 4) is 0 Å². The first-order valence-electron chi connectivity index (χ1n) is 5.16. The normalized spacial score (nSPS) is 11.6. The van der Waals surface area contributed by atoms with Gasteiger partial charge in [0.2, 0.25) is 0 Å². The second-order valence-electron chi connectivity index (χ2n) is 3.32. The number of benzene rings is 1. The lowest BCUT2D eigenvalue weighted by atomic mass is 10.2. The van der Waals surface area contributed by atoms with Gasteiger partial charge in [0.1, 0.15) is 0 Å². The van der Waals surface area contributed by atoms with Crippen LogP contribution in [0.5, 0.6) is 0 Å². The van der Waals surface area contributed by atoms with Gasteiger partial charge in [0.05, 0.1) is 10.7 Å². The summed E-state index contributed by atoms with van der Waals surface area (Å²) in [5.41, 5.74) is 7.06. The topological polar surface area (TPSA) is 61.8 Å². The van der Waals surface area contributed by atoms with E-state index in [4.69, 9.17) is 22.5 Å². The summed E-state index contributed by atoms with van der Waals surface area (Å²) in [6.07, 6.45) is 0. The van der Waals surface area contributed by atoms with Crippen LogP contribution in [0.1, 0.15) is 19.4 Å². The average molecular weight is 242 g/mol. The number of nitrogens with two attached hydrogens (primary N) is 1. The van der Waals surface area contributed by atoms with Gasteiger partial charge >= 0.3 is 0 Å². The Bertz CT molecular complexity index is 389. The molecule has 0 saturated heterocycles. The Kier molecular flexibility index (Phi) is 4.43. The van der Waals surface area contributed by atoms with Crippen molar-refractivity contribution in [3.63, 3.8) is 0 Å². The summed E-state index contributed by atoms with van der Waals surface area (Å²) in [5.74, 6) is 0.0630. The largest absolute Gasteiger partial charge is 0.409 e. The van der Waals surface area contributed by atoms with Crippen molar-refractivity contribution < 1.29 is 5.21 Å². The molecule has 0 saturated carbocycles. The third kappa shape index (κ3) is 2.58. The number of hydrogen-bond acceptors (Lipinski definition) is 3. The van der Waals surface area contributed by atoms with Crippen LogP contribution < -0.4 is 10.6 Å². The number of anilines is 1. The van der Waals surface area contributed by atoms with Gasteiger partial charge in [0.15, 0.2) is 5.84 Å². The Labute approximate surface area is 100 Å². The fourth-order valence-corrected chi connectivity index (χ4v) is 1.84. The van der Waals surface area contributed by atoms with Crippen molar-refractivity contribution in [2.45, 2.75) is 13.8 Å². The van der Waals surface area contributed by atoms with E-state index in [1.807, 2.05) is 6.07 Å². The predicted octanol–water partition coefficient (Wildman–Crippen LogP) is 2.28. The lowest BCUT2D eigenvalue weighted by Crippen LogP contribution is -2.22. The van der Waals surface area contributed by atoms with Crippen LogP contribution in [0.15, 0.2) is 23.4 Å². The third-order valence-electron chi connectivity index (χ3n) is 2.46. The highest BCUT2D eigenvalue weighted by Gasteiger charge is 2.09. The fraction of sp³-hybridized carbons (Fsp3) is 0.364. The first-order valence-corrected chi connectivity index (χ1v) is 5.54. The zero-order valence-electron chi connectivity index (χ0n) is 9.44. The molecule has 0 aliphatic carbocycles. The maximum absolute atomic E-state index is 8.56. The molecule has 3 N–H and O–H groups in total. The fourth-order valence-electron chi connectivity index (χ4n) is 1.54. The minimum atomic E-state index is 0.0630. The van der Waals surface area contributed by atoms with Gasteiger partial charge < -0.3 is 15.8 Å². The lowest BCUT2D eigenvalue weighted by molar-refractivity contribution is 0.318. The van der Waals surface area contributed by atoms with Crippen LogP contribution in [-0.2, 0) is 0 Å². The summed E-state index contributed by atoms with van der Waals surface area (Å²) in [7, 11) is 0. The van der Waals surface area contributed by atoms with E-state index in [9.17, 15) is 0 Å². The summed E-state index contributed by atoms with van der Waals surface area (Å²) in [4.78, 5) is 2.14. The number of amidine groups is 1. The summed E-state index contributed by atoms with van der Waals surface area (Å²) >= 11 is 6.15. The van der Waals surface area contributed by atoms with Gasteiger partial charge in [-0.25, -0.2) is 0 Å². The number of halogens is 1. The molecular weight excluding hydrogens is 226 g/mol. The first-order chi connectivity index (χ1) is 7.63. The van der Waals surface area contributed by atoms with Gasteiger partial charge in [-0.15, -0.1) is 0 Å². The monoisotopic (exact) mass is 241 g/mol. The summed E-state index contributed by atoms with van der Waals surface area (Å²) in [6, 6.07) is 5.36.